The molecule has 0 aromatic heterocycles. The summed E-state index contributed by atoms with van der Waals surface area (Å²) in [5.41, 5.74) is 3.83. The smallest absolute Gasteiger partial charge is 0.174 e. The van der Waals surface area contributed by atoms with Gasteiger partial charge in [-0.25, -0.2) is 4.99 Å². The zero-order valence-electron chi connectivity index (χ0n) is 13.0. The molecule has 0 bridgehead atoms. The molecule has 0 fully saturated rings. The van der Waals surface area contributed by atoms with E-state index in [9.17, 15) is 4.79 Å². The Kier molecular flexibility index (Phi) is 3.34. The van der Waals surface area contributed by atoms with Gasteiger partial charge in [-0.1, -0.05) is 42.5 Å². The molecule has 2 aliphatic heterocycles. The number of benzene rings is 2. The summed E-state index contributed by atoms with van der Waals surface area (Å²) in [4.78, 5) is 20.4. The van der Waals surface area contributed by atoms with Gasteiger partial charge in [-0.15, -0.1) is 0 Å². The standard InChI is InChI=1S/C19H16N2OS/c1-12-17(13(2)22)18(14-8-4-3-5-9-14)21-15-10-6-7-11-16(15)23-19(21)20-12/h3-11,18H,1-2H3. The maximum Gasteiger partial charge on any atom is 0.174 e. The van der Waals surface area contributed by atoms with E-state index in [1.54, 1.807) is 18.7 Å². The van der Waals surface area contributed by atoms with Gasteiger partial charge in [-0.2, -0.15) is 0 Å². The second-order valence-corrected chi connectivity index (χ2v) is 6.71. The number of carbonyl (C=O) groups excluding carboxylic acids is 1. The highest BCUT2D eigenvalue weighted by atomic mass is 32.2. The molecule has 1 unspecified atom stereocenters. The summed E-state index contributed by atoms with van der Waals surface area (Å²) < 4.78 is 0. The van der Waals surface area contributed by atoms with Gasteiger partial charge >= 0.3 is 0 Å². The quantitative estimate of drug-likeness (QED) is 0.812. The van der Waals surface area contributed by atoms with Crippen molar-refractivity contribution in [3.63, 3.8) is 0 Å². The second kappa shape index (κ2) is 5.39. The predicted octanol–water partition coefficient (Wildman–Crippen LogP) is 4.57. The summed E-state index contributed by atoms with van der Waals surface area (Å²) in [6.07, 6.45) is 0. The lowest BCUT2D eigenvalue weighted by Crippen LogP contribution is -2.36. The Morgan fingerprint density at radius 1 is 1.09 bits per heavy atom. The molecule has 0 radical (unpaired) electrons. The van der Waals surface area contributed by atoms with Gasteiger partial charge in [0.15, 0.2) is 11.0 Å². The second-order valence-electron chi connectivity index (χ2n) is 5.70. The number of aliphatic imine (C=N–C) groups is 1. The Balaban J connectivity index is 1.95. The average Bonchev–Trinajstić information content (AvgIpc) is 2.91. The van der Waals surface area contributed by atoms with Crippen LogP contribution >= 0.6 is 11.8 Å². The first-order valence-corrected chi connectivity index (χ1v) is 8.40. The number of fused-ring (bicyclic) bond motifs is 3. The van der Waals surface area contributed by atoms with Crippen LogP contribution in [0.2, 0.25) is 0 Å². The molecular weight excluding hydrogens is 304 g/mol. The maximum atomic E-state index is 12.3. The topological polar surface area (TPSA) is 32.7 Å². The molecule has 3 nitrogen and oxygen atoms in total. The van der Waals surface area contributed by atoms with Gasteiger partial charge < -0.3 is 4.90 Å². The number of hydrogen-bond acceptors (Lipinski definition) is 4. The van der Waals surface area contributed by atoms with E-state index < -0.39 is 0 Å². The first-order valence-electron chi connectivity index (χ1n) is 7.58. The molecule has 4 heteroatoms. The Morgan fingerprint density at radius 2 is 1.78 bits per heavy atom. The van der Waals surface area contributed by atoms with Crippen LogP contribution in [0.4, 0.5) is 5.69 Å². The van der Waals surface area contributed by atoms with Gasteiger partial charge in [0.1, 0.15) is 0 Å². The van der Waals surface area contributed by atoms with E-state index in [1.165, 1.54) is 4.90 Å². The lowest BCUT2D eigenvalue weighted by atomic mass is 9.92. The lowest BCUT2D eigenvalue weighted by Gasteiger charge is -2.35. The SMILES string of the molecule is CC(=O)C1=C(C)N=C2Sc3ccccc3N2C1c1ccccc1. The highest BCUT2D eigenvalue weighted by Crippen LogP contribution is 2.49. The fraction of sp³-hybridized carbons (Fsp3) is 0.158. The van der Waals surface area contributed by atoms with Crippen LogP contribution in [-0.2, 0) is 4.79 Å². The molecule has 4 rings (SSSR count). The number of rotatable bonds is 2. The number of hydrogen-bond donors (Lipinski definition) is 0. The fourth-order valence-electron chi connectivity index (χ4n) is 3.25. The molecular formula is C19H16N2OS. The van der Waals surface area contributed by atoms with Crippen LogP contribution in [-0.4, -0.2) is 11.0 Å². The van der Waals surface area contributed by atoms with E-state index in [0.29, 0.717) is 0 Å². The first-order chi connectivity index (χ1) is 11.2. The molecule has 2 aliphatic rings. The molecule has 23 heavy (non-hydrogen) atoms. The number of para-hydroxylation sites is 1. The normalized spacial score (nSPS) is 19.3. The minimum Gasteiger partial charge on any atom is -0.308 e. The highest BCUT2D eigenvalue weighted by molar-refractivity contribution is 8.14. The molecule has 2 aromatic carbocycles. The molecule has 0 aliphatic carbocycles. The summed E-state index contributed by atoms with van der Waals surface area (Å²) in [6.45, 7) is 3.56. The number of nitrogens with zero attached hydrogens (tertiary/aromatic N) is 2. The molecule has 2 heterocycles. The third-order valence-corrected chi connectivity index (χ3v) is 5.25. The summed E-state index contributed by atoms with van der Waals surface area (Å²) in [5.74, 6) is 0.0773. The van der Waals surface area contributed by atoms with Crippen molar-refractivity contribution in [1.82, 2.24) is 0 Å². The Bertz CT molecular complexity index is 855. The number of allylic oxidation sites excluding steroid dienone is 1. The number of thioether (sulfide) groups is 1. The maximum absolute atomic E-state index is 12.3. The minimum atomic E-state index is -0.114. The van der Waals surface area contributed by atoms with Crippen LogP contribution in [0.1, 0.15) is 25.5 Å². The van der Waals surface area contributed by atoms with Crippen molar-refractivity contribution in [2.75, 3.05) is 4.90 Å². The average molecular weight is 320 g/mol. The molecule has 114 valence electrons. The Labute approximate surface area is 139 Å². The van der Waals surface area contributed by atoms with Crippen molar-refractivity contribution in [2.45, 2.75) is 24.8 Å². The predicted molar refractivity (Wildman–Crippen MR) is 94.8 cm³/mol. The van der Waals surface area contributed by atoms with E-state index in [4.69, 9.17) is 4.99 Å². The number of amidine groups is 1. The van der Waals surface area contributed by atoms with Gasteiger partial charge in [0.25, 0.3) is 0 Å². The molecule has 0 N–H and O–H groups in total. The first kappa shape index (κ1) is 14.3. The van der Waals surface area contributed by atoms with E-state index >= 15 is 0 Å². The Morgan fingerprint density at radius 3 is 2.52 bits per heavy atom. The van der Waals surface area contributed by atoms with Crippen molar-refractivity contribution < 1.29 is 4.79 Å². The number of Topliss-reactive ketones (excluding diaryl/α,β-unsaturated/α-hetero) is 1. The van der Waals surface area contributed by atoms with Gasteiger partial charge in [-0.3, -0.25) is 4.79 Å². The van der Waals surface area contributed by atoms with Crippen LogP contribution < -0.4 is 4.90 Å². The molecule has 0 saturated heterocycles. The van der Waals surface area contributed by atoms with Crippen molar-refractivity contribution >= 4 is 28.4 Å². The zero-order valence-corrected chi connectivity index (χ0v) is 13.8. The monoisotopic (exact) mass is 320 g/mol. The summed E-state index contributed by atoms with van der Waals surface area (Å²) in [5, 5.41) is 0.947. The van der Waals surface area contributed by atoms with Crippen molar-refractivity contribution in [3.8, 4) is 0 Å². The van der Waals surface area contributed by atoms with Gasteiger partial charge in [0.2, 0.25) is 0 Å². The summed E-state index contributed by atoms with van der Waals surface area (Å²) in [6, 6.07) is 18.3. The molecule has 2 aromatic rings. The number of carbonyl (C=O) groups is 1. The van der Waals surface area contributed by atoms with Crippen LogP contribution in [0.15, 0.2) is 75.8 Å². The highest BCUT2D eigenvalue weighted by Gasteiger charge is 2.39. The van der Waals surface area contributed by atoms with E-state index in [0.717, 1.165) is 27.7 Å². The van der Waals surface area contributed by atoms with Crippen LogP contribution in [0.25, 0.3) is 0 Å². The van der Waals surface area contributed by atoms with Gasteiger partial charge in [0.05, 0.1) is 11.7 Å². The van der Waals surface area contributed by atoms with Crippen LogP contribution in [0, 0.1) is 0 Å². The molecule has 0 spiro atoms. The van der Waals surface area contributed by atoms with E-state index in [1.807, 2.05) is 37.3 Å². The van der Waals surface area contributed by atoms with E-state index in [-0.39, 0.29) is 11.8 Å². The van der Waals surface area contributed by atoms with Crippen molar-refractivity contribution in [1.29, 1.82) is 0 Å². The Hall–Kier alpha value is -2.33. The van der Waals surface area contributed by atoms with Crippen LogP contribution in [0.5, 0.6) is 0 Å². The molecule has 0 saturated carbocycles. The molecule has 1 atom stereocenters. The zero-order chi connectivity index (χ0) is 16.0. The fourth-order valence-corrected chi connectivity index (χ4v) is 4.35. The van der Waals surface area contributed by atoms with Gasteiger partial charge in [-0.05, 0) is 43.3 Å². The van der Waals surface area contributed by atoms with Crippen LogP contribution in [0.3, 0.4) is 0 Å². The lowest BCUT2D eigenvalue weighted by molar-refractivity contribution is -0.113. The van der Waals surface area contributed by atoms with Crippen molar-refractivity contribution in [2.24, 2.45) is 4.99 Å². The third-order valence-electron chi connectivity index (χ3n) is 4.21. The number of ketones is 1. The minimum absolute atomic E-state index is 0.0773. The molecule has 0 amide bonds. The number of anilines is 1. The van der Waals surface area contributed by atoms with E-state index in [2.05, 4.69) is 29.2 Å². The summed E-state index contributed by atoms with van der Waals surface area (Å²) >= 11 is 1.67. The largest absolute Gasteiger partial charge is 0.308 e. The van der Waals surface area contributed by atoms with Crippen molar-refractivity contribution in [3.05, 3.63) is 71.4 Å². The third kappa shape index (κ3) is 2.21. The van der Waals surface area contributed by atoms with Gasteiger partial charge in [0, 0.05) is 16.2 Å². The summed E-state index contributed by atoms with van der Waals surface area (Å²) in [7, 11) is 0.